The molecule has 1 heterocycles. The van der Waals surface area contributed by atoms with Crippen LogP contribution in [0.3, 0.4) is 0 Å². The van der Waals surface area contributed by atoms with Gasteiger partial charge in [0.1, 0.15) is 0 Å². The summed E-state index contributed by atoms with van der Waals surface area (Å²) in [7, 11) is 2.02. The lowest BCUT2D eigenvalue weighted by molar-refractivity contribution is 0.450. The van der Waals surface area contributed by atoms with E-state index >= 15 is 0 Å². The second-order valence-electron chi connectivity index (χ2n) is 5.16. The van der Waals surface area contributed by atoms with Crippen molar-refractivity contribution in [3.63, 3.8) is 0 Å². The summed E-state index contributed by atoms with van der Waals surface area (Å²) in [4.78, 5) is 0. The zero-order valence-electron chi connectivity index (χ0n) is 10.6. The molecule has 0 saturated heterocycles. The summed E-state index contributed by atoms with van der Waals surface area (Å²) in [6.45, 7) is 4.42. The fourth-order valence-electron chi connectivity index (χ4n) is 2.83. The second kappa shape index (κ2) is 5.58. The van der Waals surface area contributed by atoms with Crippen molar-refractivity contribution in [2.75, 3.05) is 20.1 Å². The third-order valence-electron chi connectivity index (χ3n) is 3.80. The molecule has 2 rings (SSSR count). The van der Waals surface area contributed by atoms with Crippen LogP contribution in [0.15, 0.2) is 11.4 Å². The highest BCUT2D eigenvalue weighted by Gasteiger charge is 2.23. The molecule has 92 valence electrons. The van der Waals surface area contributed by atoms with Crippen LogP contribution >= 0.6 is 0 Å². The van der Waals surface area contributed by atoms with Crippen molar-refractivity contribution in [2.45, 2.75) is 45.1 Å². The maximum Gasteiger partial charge on any atom is 0.0443 e. The average Bonchev–Trinajstić information content (AvgIpc) is 2.76. The topological polar surface area (TPSA) is 36.1 Å². The third kappa shape index (κ3) is 2.70. The van der Waals surface area contributed by atoms with Crippen molar-refractivity contribution < 1.29 is 0 Å². The summed E-state index contributed by atoms with van der Waals surface area (Å²) in [5, 5.41) is 10.6. The minimum atomic E-state index is 0.685. The number of hydrogen-bond donors (Lipinski definition) is 3. The van der Waals surface area contributed by atoms with Gasteiger partial charge in [-0.2, -0.15) is 0 Å². The van der Waals surface area contributed by atoms with Gasteiger partial charge in [0, 0.05) is 30.5 Å². The van der Waals surface area contributed by atoms with E-state index in [1.807, 2.05) is 7.05 Å². The van der Waals surface area contributed by atoms with E-state index in [0.29, 0.717) is 5.92 Å². The van der Waals surface area contributed by atoms with Crippen LogP contribution in [-0.4, -0.2) is 26.2 Å². The van der Waals surface area contributed by atoms with Gasteiger partial charge in [0.05, 0.1) is 0 Å². The highest BCUT2D eigenvalue weighted by molar-refractivity contribution is 5.19. The first-order valence-electron chi connectivity index (χ1n) is 6.69. The summed E-state index contributed by atoms with van der Waals surface area (Å²) in [6.07, 6.45) is 6.75. The maximum atomic E-state index is 3.78. The molecule has 16 heavy (non-hydrogen) atoms. The molecule has 3 heteroatoms. The quantitative estimate of drug-likeness (QED) is 0.677. The molecule has 0 radical (unpaired) electrons. The summed E-state index contributed by atoms with van der Waals surface area (Å²) in [5.74, 6) is 0.685. The Labute approximate surface area is 99.1 Å². The Balaban J connectivity index is 2.04. The highest BCUT2D eigenvalue weighted by Crippen LogP contribution is 2.24. The van der Waals surface area contributed by atoms with E-state index in [1.54, 1.807) is 0 Å². The van der Waals surface area contributed by atoms with Crippen LogP contribution in [-0.2, 0) is 0 Å². The van der Waals surface area contributed by atoms with Crippen LogP contribution in [0.4, 0.5) is 0 Å². The van der Waals surface area contributed by atoms with Gasteiger partial charge < -0.3 is 16.0 Å². The molecule has 1 aliphatic carbocycles. The van der Waals surface area contributed by atoms with Crippen LogP contribution in [0.5, 0.6) is 0 Å². The fraction of sp³-hybridized carbons (Fsp3) is 0.846. The maximum absolute atomic E-state index is 3.78. The highest BCUT2D eigenvalue weighted by atomic mass is 15.0. The van der Waals surface area contributed by atoms with Crippen molar-refractivity contribution in [1.29, 1.82) is 0 Å². The summed E-state index contributed by atoms with van der Waals surface area (Å²) < 4.78 is 0. The van der Waals surface area contributed by atoms with E-state index in [9.17, 15) is 0 Å². The first-order valence-corrected chi connectivity index (χ1v) is 6.69. The molecule has 1 saturated carbocycles. The Kier molecular flexibility index (Phi) is 4.10. The Morgan fingerprint density at radius 3 is 2.69 bits per heavy atom. The van der Waals surface area contributed by atoms with Crippen molar-refractivity contribution in [1.82, 2.24) is 16.0 Å². The van der Waals surface area contributed by atoms with Crippen molar-refractivity contribution in [3.05, 3.63) is 11.4 Å². The molecule has 0 aromatic heterocycles. The van der Waals surface area contributed by atoms with Crippen LogP contribution in [0.2, 0.25) is 0 Å². The molecule has 1 atom stereocenters. The van der Waals surface area contributed by atoms with E-state index in [-0.39, 0.29) is 0 Å². The molecule has 2 aliphatic rings. The number of likely N-dealkylation sites (N-methyl/N-ethyl adjacent to an activating group) is 1. The molecule has 0 aromatic rings. The molecule has 0 spiro atoms. The van der Waals surface area contributed by atoms with E-state index in [0.717, 1.165) is 19.1 Å². The van der Waals surface area contributed by atoms with E-state index < -0.39 is 0 Å². The first kappa shape index (κ1) is 11.8. The lowest BCUT2D eigenvalue weighted by Crippen LogP contribution is -2.39. The van der Waals surface area contributed by atoms with Gasteiger partial charge in [0.15, 0.2) is 0 Å². The molecule has 0 amide bonds. The Hall–Kier alpha value is -0.700. The predicted molar refractivity (Wildman–Crippen MR) is 68.1 cm³/mol. The molecule has 1 aliphatic heterocycles. The number of hydrogen-bond acceptors (Lipinski definition) is 3. The average molecular weight is 223 g/mol. The van der Waals surface area contributed by atoms with Crippen molar-refractivity contribution in [3.8, 4) is 0 Å². The molecule has 1 fully saturated rings. The van der Waals surface area contributed by atoms with Crippen molar-refractivity contribution in [2.24, 2.45) is 5.92 Å². The van der Waals surface area contributed by atoms with Crippen molar-refractivity contribution >= 4 is 0 Å². The summed E-state index contributed by atoms with van der Waals surface area (Å²) in [6, 6.07) is 0.726. The SMILES string of the molecule is CNCC1=C(NC2CCCC2)C(C)CCN1. The van der Waals surface area contributed by atoms with Gasteiger partial charge in [-0.25, -0.2) is 0 Å². The van der Waals surface area contributed by atoms with Crippen LogP contribution in [0.1, 0.15) is 39.0 Å². The van der Waals surface area contributed by atoms with Crippen LogP contribution < -0.4 is 16.0 Å². The molecular formula is C13H25N3. The monoisotopic (exact) mass is 223 g/mol. The lowest BCUT2D eigenvalue weighted by atomic mass is 9.97. The summed E-state index contributed by atoms with van der Waals surface area (Å²) >= 11 is 0. The van der Waals surface area contributed by atoms with Gasteiger partial charge in [0.2, 0.25) is 0 Å². The second-order valence-corrected chi connectivity index (χ2v) is 5.16. The predicted octanol–water partition coefficient (Wildman–Crippen LogP) is 1.58. The van der Waals surface area contributed by atoms with Gasteiger partial charge in [-0.3, -0.25) is 0 Å². The molecule has 3 nitrogen and oxygen atoms in total. The van der Waals surface area contributed by atoms with Gasteiger partial charge in [-0.1, -0.05) is 19.8 Å². The minimum absolute atomic E-state index is 0.685. The molecule has 3 N–H and O–H groups in total. The van der Waals surface area contributed by atoms with Gasteiger partial charge >= 0.3 is 0 Å². The molecular weight excluding hydrogens is 198 g/mol. The van der Waals surface area contributed by atoms with Gasteiger partial charge in [0.25, 0.3) is 0 Å². The third-order valence-corrected chi connectivity index (χ3v) is 3.80. The standard InChI is InChI=1S/C13H25N3/c1-10-7-8-15-12(9-14-2)13(10)16-11-5-3-4-6-11/h10-11,14-16H,3-9H2,1-2H3. The fourth-order valence-corrected chi connectivity index (χ4v) is 2.83. The molecule has 1 unspecified atom stereocenters. The Morgan fingerprint density at radius 2 is 2.00 bits per heavy atom. The normalized spacial score (nSPS) is 27.0. The smallest absolute Gasteiger partial charge is 0.0443 e. The largest absolute Gasteiger partial charge is 0.386 e. The Bertz CT molecular complexity index is 254. The Morgan fingerprint density at radius 1 is 1.25 bits per heavy atom. The van der Waals surface area contributed by atoms with Gasteiger partial charge in [-0.15, -0.1) is 0 Å². The molecule has 0 aromatic carbocycles. The first-order chi connectivity index (χ1) is 7.81. The van der Waals surface area contributed by atoms with Gasteiger partial charge in [-0.05, 0) is 32.2 Å². The van der Waals surface area contributed by atoms with Crippen LogP contribution in [0, 0.1) is 5.92 Å². The minimum Gasteiger partial charge on any atom is -0.386 e. The van der Waals surface area contributed by atoms with E-state index in [1.165, 1.54) is 43.5 Å². The van der Waals surface area contributed by atoms with E-state index in [4.69, 9.17) is 0 Å². The van der Waals surface area contributed by atoms with Crippen LogP contribution in [0.25, 0.3) is 0 Å². The number of nitrogens with one attached hydrogen (secondary N) is 3. The summed E-state index contributed by atoms with van der Waals surface area (Å²) in [5.41, 5.74) is 2.85. The van der Waals surface area contributed by atoms with E-state index in [2.05, 4.69) is 22.9 Å². The molecule has 0 bridgehead atoms. The number of allylic oxidation sites excluding steroid dienone is 1. The zero-order chi connectivity index (χ0) is 11.4. The lowest BCUT2D eigenvalue weighted by Gasteiger charge is -2.30. The number of rotatable bonds is 4. The zero-order valence-corrected chi connectivity index (χ0v) is 10.6.